The third-order valence-corrected chi connectivity index (χ3v) is 3.77. The molecule has 2 unspecified atom stereocenters. The molecule has 18 heavy (non-hydrogen) atoms. The van der Waals surface area contributed by atoms with Gasteiger partial charge in [0.1, 0.15) is 5.82 Å². The normalized spacial score (nSPS) is 25.0. The van der Waals surface area contributed by atoms with Crippen LogP contribution in [-0.2, 0) is 13.1 Å². The van der Waals surface area contributed by atoms with Crippen molar-refractivity contribution < 1.29 is 5.11 Å². The van der Waals surface area contributed by atoms with Gasteiger partial charge in [0.15, 0.2) is 0 Å². The number of nitrogens with zero attached hydrogens (tertiary/aromatic N) is 2. The van der Waals surface area contributed by atoms with Crippen LogP contribution in [0.5, 0.6) is 0 Å². The van der Waals surface area contributed by atoms with Crippen LogP contribution in [0.15, 0.2) is 12.4 Å². The molecule has 1 heterocycles. The van der Waals surface area contributed by atoms with Crippen LogP contribution in [0.25, 0.3) is 0 Å². The van der Waals surface area contributed by atoms with Gasteiger partial charge in [-0.2, -0.15) is 0 Å². The van der Waals surface area contributed by atoms with E-state index in [2.05, 4.69) is 21.8 Å². The topological polar surface area (TPSA) is 50.1 Å². The summed E-state index contributed by atoms with van der Waals surface area (Å²) in [6.07, 6.45) is 10.5. The Balaban J connectivity index is 1.87. The lowest BCUT2D eigenvalue weighted by Crippen LogP contribution is -2.39. The molecular formula is C14H25N3O. The number of aliphatic hydroxyl groups excluding tert-OH is 1. The van der Waals surface area contributed by atoms with Gasteiger partial charge in [0, 0.05) is 25.0 Å². The van der Waals surface area contributed by atoms with Gasteiger partial charge in [-0.3, -0.25) is 0 Å². The first-order chi connectivity index (χ1) is 8.81. The quantitative estimate of drug-likeness (QED) is 0.788. The average Bonchev–Trinajstić information content (AvgIpc) is 2.70. The summed E-state index contributed by atoms with van der Waals surface area (Å²) in [5.74, 6) is 1.08. The molecule has 1 aliphatic carbocycles. The largest absolute Gasteiger partial charge is 0.392 e. The standard InChI is InChI=1S/C14H25N3O/c1-2-9-17-10-8-15-14(17)11-16-12-6-4-3-5-7-13(12)18/h8,10,12-13,16,18H,2-7,9,11H2,1H3. The Labute approximate surface area is 109 Å². The highest BCUT2D eigenvalue weighted by atomic mass is 16.3. The molecule has 0 spiro atoms. The minimum atomic E-state index is -0.193. The summed E-state index contributed by atoms with van der Waals surface area (Å²) in [4.78, 5) is 4.39. The molecule has 0 saturated heterocycles. The first kappa shape index (κ1) is 13.6. The maximum absolute atomic E-state index is 10.1. The SMILES string of the molecule is CCCn1ccnc1CNC1CCCCCC1O. The molecule has 1 aliphatic rings. The highest BCUT2D eigenvalue weighted by Gasteiger charge is 2.21. The van der Waals surface area contributed by atoms with Crippen LogP contribution in [-0.4, -0.2) is 26.8 Å². The van der Waals surface area contributed by atoms with E-state index in [-0.39, 0.29) is 12.1 Å². The minimum Gasteiger partial charge on any atom is -0.392 e. The number of nitrogens with one attached hydrogen (secondary N) is 1. The first-order valence-electron chi connectivity index (χ1n) is 7.22. The van der Waals surface area contributed by atoms with Crippen molar-refractivity contribution in [2.45, 2.75) is 70.7 Å². The Morgan fingerprint density at radius 1 is 1.39 bits per heavy atom. The van der Waals surface area contributed by atoms with Crippen LogP contribution in [0.2, 0.25) is 0 Å². The molecular weight excluding hydrogens is 226 g/mol. The molecule has 0 amide bonds. The summed E-state index contributed by atoms with van der Waals surface area (Å²) in [7, 11) is 0. The van der Waals surface area contributed by atoms with Crippen molar-refractivity contribution >= 4 is 0 Å². The van der Waals surface area contributed by atoms with Crippen molar-refractivity contribution in [2.75, 3.05) is 0 Å². The summed E-state index contributed by atoms with van der Waals surface area (Å²) in [6, 6.07) is 0.235. The first-order valence-corrected chi connectivity index (χ1v) is 7.22. The van der Waals surface area contributed by atoms with Gasteiger partial charge in [-0.15, -0.1) is 0 Å². The van der Waals surface area contributed by atoms with E-state index < -0.39 is 0 Å². The molecule has 4 heteroatoms. The van der Waals surface area contributed by atoms with E-state index in [1.807, 2.05) is 12.4 Å². The van der Waals surface area contributed by atoms with Crippen LogP contribution in [0.3, 0.4) is 0 Å². The predicted octanol–water partition coefficient (Wildman–Crippen LogP) is 2.08. The van der Waals surface area contributed by atoms with E-state index in [0.29, 0.717) is 0 Å². The second-order valence-electron chi connectivity index (χ2n) is 5.23. The van der Waals surface area contributed by atoms with Crippen LogP contribution in [0.1, 0.15) is 51.3 Å². The zero-order valence-corrected chi connectivity index (χ0v) is 11.3. The number of aliphatic hydroxyl groups is 1. The smallest absolute Gasteiger partial charge is 0.122 e. The highest BCUT2D eigenvalue weighted by Crippen LogP contribution is 2.18. The van der Waals surface area contributed by atoms with Gasteiger partial charge in [0.05, 0.1) is 12.6 Å². The number of aromatic nitrogens is 2. The highest BCUT2D eigenvalue weighted by molar-refractivity contribution is 4.93. The molecule has 0 aliphatic heterocycles. The summed E-state index contributed by atoms with van der Waals surface area (Å²) >= 11 is 0. The second kappa shape index (κ2) is 6.90. The minimum absolute atomic E-state index is 0.193. The molecule has 0 bridgehead atoms. The molecule has 2 N–H and O–H groups in total. The average molecular weight is 251 g/mol. The number of hydrogen-bond acceptors (Lipinski definition) is 3. The predicted molar refractivity (Wildman–Crippen MR) is 72.2 cm³/mol. The Kier molecular flexibility index (Phi) is 5.20. The molecule has 1 aromatic rings. The third kappa shape index (κ3) is 3.56. The van der Waals surface area contributed by atoms with Crippen molar-refractivity contribution in [3.8, 4) is 0 Å². The van der Waals surface area contributed by atoms with Crippen molar-refractivity contribution in [3.63, 3.8) is 0 Å². The molecule has 0 aromatic carbocycles. The Hall–Kier alpha value is -0.870. The molecule has 4 nitrogen and oxygen atoms in total. The lowest BCUT2D eigenvalue weighted by Gasteiger charge is -2.21. The number of imidazole rings is 1. The van der Waals surface area contributed by atoms with Gasteiger partial charge < -0.3 is 15.0 Å². The summed E-state index contributed by atoms with van der Waals surface area (Å²) in [5, 5.41) is 13.5. The van der Waals surface area contributed by atoms with Crippen LogP contribution in [0.4, 0.5) is 0 Å². The molecule has 1 fully saturated rings. The van der Waals surface area contributed by atoms with Crippen molar-refractivity contribution in [3.05, 3.63) is 18.2 Å². The lowest BCUT2D eigenvalue weighted by molar-refractivity contribution is 0.119. The fourth-order valence-electron chi connectivity index (χ4n) is 2.70. The Morgan fingerprint density at radius 2 is 2.22 bits per heavy atom. The zero-order valence-electron chi connectivity index (χ0n) is 11.3. The monoisotopic (exact) mass is 251 g/mol. The number of rotatable bonds is 5. The fraction of sp³-hybridized carbons (Fsp3) is 0.786. The van der Waals surface area contributed by atoms with E-state index in [9.17, 15) is 5.11 Å². The van der Waals surface area contributed by atoms with E-state index in [4.69, 9.17) is 0 Å². The van der Waals surface area contributed by atoms with Crippen molar-refractivity contribution in [2.24, 2.45) is 0 Å². The molecule has 2 atom stereocenters. The maximum Gasteiger partial charge on any atom is 0.122 e. The van der Waals surface area contributed by atoms with Gasteiger partial charge in [0.25, 0.3) is 0 Å². The molecule has 1 aromatic heterocycles. The van der Waals surface area contributed by atoms with E-state index >= 15 is 0 Å². The second-order valence-corrected chi connectivity index (χ2v) is 5.23. The maximum atomic E-state index is 10.1. The van der Waals surface area contributed by atoms with E-state index in [1.165, 1.54) is 12.8 Å². The van der Waals surface area contributed by atoms with Crippen LogP contribution >= 0.6 is 0 Å². The van der Waals surface area contributed by atoms with Crippen LogP contribution < -0.4 is 5.32 Å². The molecule has 2 rings (SSSR count). The summed E-state index contributed by atoms with van der Waals surface area (Å²) < 4.78 is 2.19. The zero-order chi connectivity index (χ0) is 12.8. The van der Waals surface area contributed by atoms with E-state index in [0.717, 1.165) is 44.6 Å². The summed E-state index contributed by atoms with van der Waals surface area (Å²) in [6.45, 7) is 3.95. The third-order valence-electron chi connectivity index (χ3n) is 3.77. The van der Waals surface area contributed by atoms with Gasteiger partial charge in [-0.25, -0.2) is 4.98 Å². The fourth-order valence-corrected chi connectivity index (χ4v) is 2.70. The number of aryl methyl sites for hydroxylation is 1. The van der Waals surface area contributed by atoms with E-state index in [1.54, 1.807) is 0 Å². The van der Waals surface area contributed by atoms with Gasteiger partial charge in [-0.1, -0.05) is 26.2 Å². The number of hydrogen-bond donors (Lipinski definition) is 2. The summed E-state index contributed by atoms with van der Waals surface area (Å²) in [5.41, 5.74) is 0. The molecule has 0 radical (unpaired) electrons. The van der Waals surface area contributed by atoms with Crippen molar-refractivity contribution in [1.82, 2.24) is 14.9 Å². The lowest BCUT2D eigenvalue weighted by atomic mass is 10.1. The van der Waals surface area contributed by atoms with Crippen molar-refractivity contribution in [1.29, 1.82) is 0 Å². The van der Waals surface area contributed by atoms with Gasteiger partial charge in [-0.05, 0) is 19.3 Å². The molecule has 102 valence electrons. The van der Waals surface area contributed by atoms with Crippen LogP contribution in [0, 0.1) is 0 Å². The van der Waals surface area contributed by atoms with Gasteiger partial charge in [0.2, 0.25) is 0 Å². The molecule has 1 saturated carbocycles. The Bertz CT molecular complexity index is 351. The van der Waals surface area contributed by atoms with Gasteiger partial charge >= 0.3 is 0 Å². The Morgan fingerprint density at radius 3 is 3.06 bits per heavy atom.